The molecule has 1 saturated heterocycles. The lowest BCUT2D eigenvalue weighted by molar-refractivity contribution is -0.132. The largest absolute Gasteiger partial charge is 0.497 e. The Morgan fingerprint density at radius 3 is 2.50 bits per heavy atom. The molecule has 3 rings (SSSR count). The third-order valence-electron chi connectivity index (χ3n) is 5.50. The van der Waals surface area contributed by atoms with Crippen molar-refractivity contribution in [3.05, 3.63) is 29.8 Å². The molecule has 22 heavy (non-hydrogen) atoms. The fourth-order valence-electron chi connectivity index (χ4n) is 4.22. The van der Waals surface area contributed by atoms with Crippen LogP contribution < -0.4 is 4.74 Å². The Morgan fingerprint density at radius 2 is 1.91 bits per heavy atom. The van der Waals surface area contributed by atoms with Crippen molar-refractivity contribution >= 4 is 5.91 Å². The highest BCUT2D eigenvalue weighted by Crippen LogP contribution is 2.46. The summed E-state index contributed by atoms with van der Waals surface area (Å²) >= 11 is 0. The average Bonchev–Trinajstić information content (AvgIpc) is 2.86. The molecule has 1 amide bonds. The van der Waals surface area contributed by atoms with Gasteiger partial charge in [-0.25, -0.2) is 0 Å². The first-order chi connectivity index (χ1) is 10.7. The lowest BCUT2D eigenvalue weighted by Gasteiger charge is -2.43. The summed E-state index contributed by atoms with van der Waals surface area (Å²) in [5.74, 6) is 1.69. The first-order valence-electron chi connectivity index (χ1n) is 8.24. The van der Waals surface area contributed by atoms with E-state index in [1.165, 1.54) is 5.56 Å². The second-order valence-electron chi connectivity index (χ2n) is 6.54. The van der Waals surface area contributed by atoms with Crippen LogP contribution in [0.5, 0.6) is 5.75 Å². The van der Waals surface area contributed by atoms with Gasteiger partial charge >= 0.3 is 0 Å². The lowest BCUT2D eigenvalue weighted by Crippen LogP contribution is -2.49. The Bertz CT molecular complexity index is 518. The summed E-state index contributed by atoms with van der Waals surface area (Å²) < 4.78 is 5.22. The highest BCUT2D eigenvalue weighted by molar-refractivity contribution is 5.79. The van der Waals surface area contributed by atoms with Gasteiger partial charge in [0.2, 0.25) is 5.91 Å². The van der Waals surface area contributed by atoms with Crippen molar-refractivity contribution in [1.82, 2.24) is 4.90 Å². The zero-order chi connectivity index (χ0) is 15.6. The molecule has 1 aromatic carbocycles. The molecule has 0 atom stereocenters. The first-order valence-corrected chi connectivity index (χ1v) is 8.24. The van der Waals surface area contributed by atoms with E-state index in [9.17, 15) is 9.90 Å². The predicted octanol–water partition coefficient (Wildman–Crippen LogP) is 2.71. The quantitative estimate of drug-likeness (QED) is 0.930. The van der Waals surface area contributed by atoms with Gasteiger partial charge in [0.05, 0.1) is 13.7 Å². The van der Waals surface area contributed by atoms with Crippen molar-refractivity contribution in [2.45, 2.75) is 50.0 Å². The fraction of sp³-hybridized carbons (Fsp3) is 0.611. The van der Waals surface area contributed by atoms with Crippen LogP contribution in [0.1, 0.15) is 50.0 Å². The van der Waals surface area contributed by atoms with E-state index in [0.29, 0.717) is 18.9 Å². The Morgan fingerprint density at radius 1 is 1.23 bits per heavy atom. The molecule has 1 heterocycles. The molecule has 0 aromatic heterocycles. The number of β-amino-alcohol motifs (C(OH)–C–C–N with tert-alkyl or cyclic N) is 1. The molecule has 1 aliphatic heterocycles. The van der Waals surface area contributed by atoms with E-state index < -0.39 is 0 Å². The van der Waals surface area contributed by atoms with Crippen molar-refractivity contribution in [2.24, 2.45) is 0 Å². The number of hydrogen-bond acceptors (Lipinski definition) is 3. The number of aliphatic hydroxyl groups excluding tert-OH is 1. The number of benzene rings is 1. The standard InChI is InChI=1S/C18H25NO3/c1-22-16-4-2-14(3-5-16)15-6-9-18(10-7-15)11-8-17(21)19(18)12-13-20/h2-5,15,20H,6-13H2,1H3. The zero-order valence-corrected chi connectivity index (χ0v) is 13.3. The van der Waals surface area contributed by atoms with E-state index in [0.717, 1.165) is 37.9 Å². The number of amides is 1. The molecule has 120 valence electrons. The second-order valence-corrected chi connectivity index (χ2v) is 6.54. The first kappa shape index (κ1) is 15.3. The van der Waals surface area contributed by atoms with E-state index in [-0.39, 0.29) is 18.1 Å². The van der Waals surface area contributed by atoms with Crippen LogP contribution in [0.3, 0.4) is 0 Å². The van der Waals surface area contributed by atoms with Gasteiger partial charge in [-0.15, -0.1) is 0 Å². The summed E-state index contributed by atoms with van der Waals surface area (Å²) in [5.41, 5.74) is 1.39. The molecule has 4 heteroatoms. The third-order valence-corrected chi connectivity index (χ3v) is 5.50. The third kappa shape index (κ3) is 2.72. The number of carbonyl (C=O) groups excluding carboxylic acids is 1. The van der Waals surface area contributed by atoms with Crippen LogP contribution in [0.4, 0.5) is 0 Å². The number of hydrogen-bond donors (Lipinski definition) is 1. The highest BCUT2D eigenvalue weighted by atomic mass is 16.5. The van der Waals surface area contributed by atoms with Gasteiger partial charge in [-0.05, 0) is 55.7 Å². The topological polar surface area (TPSA) is 49.8 Å². The molecule has 2 aliphatic rings. The van der Waals surface area contributed by atoms with Crippen molar-refractivity contribution in [2.75, 3.05) is 20.3 Å². The van der Waals surface area contributed by atoms with Crippen molar-refractivity contribution in [3.8, 4) is 5.75 Å². The Kier molecular flexibility index (Phi) is 4.39. The minimum Gasteiger partial charge on any atom is -0.497 e. The number of aliphatic hydroxyl groups is 1. The van der Waals surface area contributed by atoms with Crippen LogP contribution in [-0.4, -0.2) is 41.7 Å². The van der Waals surface area contributed by atoms with Crippen LogP contribution in [0.2, 0.25) is 0 Å². The smallest absolute Gasteiger partial charge is 0.223 e. The molecule has 1 aliphatic carbocycles. The maximum absolute atomic E-state index is 12.1. The van der Waals surface area contributed by atoms with Crippen LogP contribution in [0.25, 0.3) is 0 Å². The molecular formula is C18H25NO3. The SMILES string of the molecule is COc1ccc(C2CCC3(CCC(=O)N3CCO)CC2)cc1. The summed E-state index contributed by atoms with van der Waals surface area (Å²) in [6, 6.07) is 8.37. The molecular weight excluding hydrogens is 278 g/mol. The Hall–Kier alpha value is -1.55. The number of carbonyl (C=O) groups is 1. The van der Waals surface area contributed by atoms with E-state index in [4.69, 9.17) is 4.74 Å². The normalized spacial score (nSPS) is 28.4. The van der Waals surface area contributed by atoms with Crippen LogP contribution in [-0.2, 0) is 4.79 Å². The Labute approximate surface area is 132 Å². The van der Waals surface area contributed by atoms with E-state index in [1.807, 2.05) is 17.0 Å². The van der Waals surface area contributed by atoms with Crippen LogP contribution in [0.15, 0.2) is 24.3 Å². The van der Waals surface area contributed by atoms with Gasteiger partial charge in [-0.1, -0.05) is 12.1 Å². The summed E-state index contributed by atoms with van der Waals surface area (Å²) in [5, 5.41) is 9.23. The summed E-state index contributed by atoms with van der Waals surface area (Å²) in [6.45, 7) is 0.557. The summed E-state index contributed by atoms with van der Waals surface area (Å²) in [7, 11) is 1.69. The van der Waals surface area contributed by atoms with Gasteiger partial charge in [0.25, 0.3) is 0 Å². The van der Waals surface area contributed by atoms with E-state index >= 15 is 0 Å². The molecule has 1 aromatic rings. The average molecular weight is 303 g/mol. The Balaban J connectivity index is 1.67. The van der Waals surface area contributed by atoms with Gasteiger partial charge in [-0.2, -0.15) is 0 Å². The molecule has 0 unspecified atom stereocenters. The van der Waals surface area contributed by atoms with E-state index in [1.54, 1.807) is 7.11 Å². The maximum atomic E-state index is 12.1. The number of likely N-dealkylation sites (tertiary alicyclic amines) is 1. The second kappa shape index (κ2) is 6.29. The monoisotopic (exact) mass is 303 g/mol. The van der Waals surface area contributed by atoms with Crippen LogP contribution in [0, 0.1) is 0 Å². The van der Waals surface area contributed by atoms with Crippen molar-refractivity contribution in [3.63, 3.8) is 0 Å². The fourth-order valence-corrected chi connectivity index (χ4v) is 4.22. The zero-order valence-electron chi connectivity index (χ0n) is 13.3. The molecule has 1 N–H and O–H groups in total. The van der Waals surface area contributed by atoms with Gasteiger partial charge in [0.15, 0.2) is 0 Å². The van der Waals surface area contributed by atoms with E-state index in [2.05, 4.69) is 12.1 Å². The van der Waals surface area contributed by atoms with Crippen molar-refractivity contribution in [1.29, 1.82) is 0 Å². The maximum Gasteiger partial charge on any atom is 0.223 e. The minimum absolute atomic E-state index is 0.0167. The van der Waals surface area contributed by atoms with Crippen molar-refractivity contribution < 1.29 is 14.6 Å². The molecule has 2 fully saturated rings. The minimum atomic E-state index is 0.0167. The molecule has 0 radical (unpaired) electrons. The van der Waals surface area contributed by atoms with Gasteiger partial charge in [0, 0.05) is 18.5 Å². The number of ether oxygens (including phenoxy) is 1. The predicted molar refractivity (Wildman–Crippen MR) is 85.0 cm³/mol. The molecule has 1 spiro atoms. The summed E-state index contributed by atoms with van der Waals surface area (Å²) in [4.78, 5) is 14.0. The van der Waals surface area contributed by atoms with Crippen LogP contribution >= 0.6 is 0 Å². The van der Waals surface area contributed by atoms with Gasteiger partial charge < -0.3 is 14.7 Å². The highest BCUT2D eigenvalue weighted by Gasteiger charge is 2.46. The lowest BCUT2D eigenvalue weighted by atomic mass is 9.73. The summed E-state index contributed by atoms with van der Waals surface area (Å²) in [6.07, 6.45) is 5.93. The van der Waals surface area contributed by atoms with Gasteiger partial charge in [-0.3, -0.25) is 4.79 Å². The molecule has 1 saturated carbocycles. The number of nitrogens with zero attached hydrogens (tertiary/aromatic N) is 1. The van der Waals surface area contributed by atoms with Gasteiger partial charge in [0.1, 0.15) is 5.75 Å². The molecule has 0 bridgehead atoms. The number of rotatable bonds is 4. The molecule has 4 nitrogen and oxygen atoms in total. The number of methoxy groups -OCH3 is 1.